The van der Waals surface area contributed by atoms with Crippen molar-refractivity contribution in [1.29, 1.82) is 0 Å². The summed E-state index contributed by atoms with van der Waals surface area (Å²) in [6, 6.07) is 9.18. The number of rotatable bonds is 6. The number of amides is 1. The van der Waals surface area contributed by atoms with Gasteiger partial charge in [0.1, 0.15) is 5.82 Å². The molecule has 1 aromatic rings. The van der Waals surface area contributed by atoms with E-state index in [1.165, 1.54) is 6.20 Å². The van der Waals surface area contributed by atoms with Gasteiger partial charge in [-0.2, -0.15) is 0 Å². The van der Waals surface area contributed by atoms with Gasteiger partial charge in [-0.25, -0.2) is 4.99 Å². The zero-order valence-electron chi connectivity index (χ0n) is 18.8. The van der Waals surface area contributed by atoms with Gasteiger partial charge in [-0.05, 0) is 43.2 Å². The molecule has 0 saturated carbocycles. The summed E-state index contributed by atoms with van der Waals surface area (Å²) in [6.45, 7) is 9.99. The Balaban J connectivity index is 2.35. The SMILES string of the molecule is C=C(N)/C=C\C(C#C/C(C(=NC(=C)N)C1=CCN(C(=O)c2ccccc2)CC1)=C(\C)N)=C/N. The number of carbonyl (C=O) groups excluding carboxylic acids is 1. The Hall–Kier alpha value is -4.44. The molecule has 0 radical (unpaired) electrons. The molecular weight excluding hydrogens is 412 g/mol. The Kier molecular flexibility index (Phi) is 8.89. The highest BCUT2D eigenvalue weighted by atomic mass is 16.2. The number of hydrogen-bond donors (Lipinski definition) is 4. The number of benzene rings is 1. The van der Waals surface area contributed by atoms with E-state index in [2.05, 4.69) is 30.0 Å². The molecule has 1 aliphatic rings. The summed E-state index contributed by atoms with van der Waals surface area (Å²) in [6.07, 6.45) is 7.13. The highest BCUT2D eigenvalue weighted by Crippen LogP contribution is 2.20. The molecule has 0 fully saturated rings. The molecule has 1 aliphatic heterocycles. The van der Waals surface area contributed by atoms with E-state index in [0.717, 1.165) is 5.57 Å². The van der Waals surface area contributed by atoms with Crippen molar-refractivity contribution >= 4 is 11.6 Å². The quantitative estimate of drug-likeness (QED) is 0.305. The van der Waals surface area contributed by atoms with Gasteiger partial charge in [0.05, 0.1) is 11.3 Å². The summed E-state index contributed by atoms with van der Waals surface area (Å²) >= 11 is 0. The minimum Gasteiger partial charge on any atom is -0.404 e. The summed E-state index contributed by atoms with van der Waals surface area (Å²) in [4.78, 5) is 18.9. The maximum Gasteiger partial charge on any atom is 0.254 e. The predicted octanol–water partition coefficient (Wildman–Crippen LogP) is 2.44. The van der Waals surface area contributed by atoms with Crippen LogP contribution in [0.3, 0.4) is 0 Å². The lowest BCUT2D eigenvalue weighted by Gasteiger charge is -2.27. The van der Waals surface area contributed by atoms with E-state index in [1.54, 1.807) is 36.1 Å². The molecule has 0 bridgehead atoms. The van der Waals surface area contributed by atoms with Gasteiger partial charge in [-0.1, -0.05) is 49.3 Å². The lowest BCUT2D eigenvalue weighted by molar-refractivity contribution is 0.0770. The molecule has 1 amide bonds. The van der Waals surface area contributed by atoms with Crippen LogP contribution in [-0.2, 0) is 0 Å². The molecule has 1 aromatic carbocycles. The Morgan fingerprint density at radius 3 is 2.33 bits per heavy atom. The van der Waals surface area contributed by atoms with E-state index in [1.807, 2.05) is 24.3 Å². The van der Waals surface area contributed by atoms with Crippen LogP contribution in [0, 0.1) is 11.8 Å². The molecular formula is C26H30N6O. The third kappa shape index (κ3) is 7.33. The van der Waals surface area contributed by atoms with Gasteiger partial charge in [-0.3, -0.25) is 4.79 Å². The highest BCUT2D eigenvalue weighted by molar-refractivity contribution is 6.16. The van der Waals surface area contributed by atoms with E-state index in [-0.39, 0.29) is 11.7 Å². The molecule has 7 heteroatoms. The number of aliphatic imine (C=N–C) groups is 1. The van der Waals surface area contributed by atoms with Gasteiger partial charge in [0.2, 0.25) is 0 Å². The second kappa shape index (κ2) is 11.8. The van der Waals surface area contributed by atoms with Crippen LogP contribution in [0.15, 0.2) is 107 Å². The number of nitrogens with zero attached hydrogens (tertiary/aromatic N) is 2. The summed E-state index contributed by atoms with van der Waals surface area (Å²) in [5, 5.41) is 0. The topological polar surface area (TPSA) is 137 Å². The number of allylic oxidation sites excluding steroid dienone is 5. The van der Waals surface area contributed by atoms with Crippen molar-refractivity contribution in [2.45, 2.75) is 13.3 Å². The zero-order valence-corrected chi connectivity index (χ0v) is 18.8. The van der Waals surface area contributed by atoms with Crippen molar-refractivity contribution in [3.05, 3.63) is 107 Å². The molecule has 2 rings (SSSR count). The maximum atomic E-state index is 12.8. The fraction of sp³-hybridized carbons (Fsp3) is 0.154. The van der Waals surface area contributed by atoms with Crippen molar-refractivity contribution in [3.8, 4) is 11.8 Å². The van der Waals surface area contributed by atoms with Crippen LogP contribution in [0.1, 0.15) is 23.7 Å². The van der Waals surface area contributed by atoms with E-state index < -0.39 is 0 Å². The van der Waals surface area contributed by atoms with Crippen molar-refractivity contribution in [1.82, 2.24) is 4.90 Å². The fourth-order valence-corrected chi connectivity index (χ4v) is 3.08. The van der Waals surface area contributed by atoms with Gasteiger partial charge in [-0.15, -0.1) is 0 Å². The number of carbonyl (C=O) groups is 1. The third-order valence-corrected chi connectivity index (χ3v) is 4.70. The molecule has 1 heterocycles. The van der Waals surface area contributed by atoms with Crippen LogP contribution in [-0.4, -0.2) is 29.6 Å². The van der Waals surface area contributed by atoms with E-state index >= 15 is 0 Å². The smallest absolute Gasteiger partial charge is 0.254 e. The molecule has 170 valence electrons. The first-order chi connectivity index (χ1) is 15.7. The van der Waals surface area contributed by atoms with Crippen LogP contribution in [0.2, 0.25) is 0 Å². The molecule has 0 spiro atoms. The van der Waals surface area contributed by atoms with Crippen molar-refractivity contribution < 1.29 is 4.79 Å². The van der Waals surface area contributed by atoms with Crippen LogP contribution in [0.25, 0.3) is 0 Å². The molecule has 0 unspecified atom stereocenters. The van der Waals surface area contributed by atoms with Crippen LogP contribution in [0.4, 0.5) is 0 Å². The van der Waals surface area contributed by atoms with Crippen LogP contribution in [0.5, 0.6) is 0 Å². The summed E-state index contributed by atoms with van der Waals surface area (Å²) in [5.74, 6) is 6.12. The zero-order chi connectivity index (χ0) is 24.4. The molecule has 0 aliphatic carbocycles. The monoisotopic (exact) mass is 442 g/mol. The van der Waals surface area contributed by atoms with Crippen molar-refractivity contribution in [2.75, 3.05) is 13.1 Å². The fourth-order valence-electron chi connectivity index (χ4n) is 3.08. The summed E-state index contributed by atoms with van der Waals surface area (Å²) < 4.78 is 0. The third-order valence-electron chi connectivity index (χ3n) is 4.70. The molecule has 33 heavy (non-hydrogen) atoms. The molecule has 8 N–H and O–H groups in total. The van der Waals surface area contributed by atoms with Gasteiger partial charge in [0, 0.05) is 41.8 Å². The predicted molar refractivity (Wildman–Crippen MR) is 135 cm³/mol. The van der Waals surface area contributed by atoms with Gasteiger partial charge in [0.15, 0.2) is 0 Å². The lowest BCUT2D eigenvalue weighted by atomic mass is 9.95. The summed E-state index contributed by atoms with van der Waals surface area (Å²) in [5.41, 5.74) is 27.1. The maximum absolute atomic E-state index is 12.8. The first-order valence-corrected chi connectivity index (χ1v) is 10.3. The average Bonchev–Trinajstić information content (AvgIpc) is 2.80. The van der Waals surface area contributed by atoms with Crippen LogP contribution < -0.4 is 22.9 Å². The second-order valence-corrected chi connectivity index (χ2v) is 7.39. The molecule has 0 saturated heterocycles. The first-order valence-electron chi connectivity index (χ1n) is 10.3. The van der Waals surface area contributed by atoms with Gasteiger partial charge < -0.3 is 27.8 Å². The van der Waals surface area contributed by atoms with Crippen molar-refractivity contribution in [2.24, 2.45) is 27.9 Å². The Morgan fingerprint density at radius 2 is 1.82 bits per heavy atom. The largest absolute Gasteiger partial charge is 0.404 e. The minimum atomic E-state index is -0.0239. The molecule has 7 nitrogen and oxygen atoms in total. The van der Waals surface area contributed by atoms with Crippen molar-refractivity contribution in [3.63, 3.8) is 0 Å². The van der Waals surface area contributed by atoms with Crippen LogP contribution >= 0.6 is 0 Å². The first kappa shape index (κ1) is 24.8. The van der Waals surface area contributed by atoms with Gasteiger partial charge >= 0.3 is 0 Å². The summed E-state index contributed by atoms with van der Waals surface area (Å²) in [7, 11) is 0. The second-order valence-electron chi connectivity index (χ2n) is 7.39. The normalized spacial score (nSPS) is 15.3. The standard InChI is InChI=1S/C26H30N6O/c1-18(28)9-10-21(17-27)11-12-24(19(2)29)25(31-20(3)30)22-13-15-32(16-14-22)26(33)23-7-5-4-6-8-23/h4-10,13,17H,1,3,14-16,27-30H2,2H3/b10-9-,21-17+,24-19-,31-25?. The van der Waals surface area contributed by atoms with Gasteiger partial charge in [0.25, 0.3) is 5.91 Å². The van der Waals surface area contributed by atoms with E-state index in [4.69, 9.17) is 22.9 Å². The molecule has 0 aromatic heterocycles. The Labute approximate surface area is 195 Å². The lowest BCUT2D eigenvalue weighted by Crippen LogP contribution is -2.36. The highest BCUT2D eigenvalue weighted by Gasteiger charge is 2.22. The Bertz CT molecular complexity index is 1140. The van der Waals surface area contributed by atoms with E-state index in [0.29, 0.717) is 53.3 Å². The van der Waals surface area contributed by atoms with E-state index in [9.17, 15) is 4.79 Å². The minimum absolute atomic E-state index is 0.0239. The average molecular weight is 443 g/mol. The Morgan fingerprint density at radius 1 is 1.12 bits per heavy atom. The number of nitrogens with two attached hydrogens (primary N) is 4. The number of hydrogen-bond acceptors (Lipinski definition) is 6. The molecule has 0 atom stereocenters.